The molecule has 0 aliphatic carbocycles. The molecule has 0 saturated heterocycles. The maximum Gasteiger partial charge on any atom is 0.308 e. The summed E-state index contributed by atoms with van der Waals surface area (Å²) in [4.78, 5) is 24.9. The van der Waals surface area contributed by atoms with Crippen molar-refractivity contribution in [2.45, 2.75) is 19.3 Å². The summed E-state index contributed by atoms with van der Waals surface area (Å²) >= 11 is 0. The maximum absolute atomic E-state index is 12.5. The van der Waals surface area contributed by atoms with Gasteiger partial charge >= 0.3 is 5.97 Å². The van der Waals surface area contributed by atoms with Gasteiger partial charge in [-0.05, 0) is 12.5 Å². The van der Waals surface area contributed by atoms with Crippen molar-refractivity contribution in [3.8, 4) is 5.75 Å². The number of aliphatic carboxylic acids is 1. The summed E-state index contributed by atoms with van der Waals surface area (Å²) in [6.45, 7) is 2.33. The zero-order valence-corrected chi connectivity index (χ0v) is 11.7. The standard InChI is InChI=1S/C15H19NO4/c1-10(15(18)19)9-16(2)14(17)12-7-8-20-13-6-4-3-5-11(12)13/h3-6,10,12H,7-9H2,1-2H3,(H,18,19)/t10-,12-/m0/s1. The Hall–Kier alpha value is -2.04. The van der Waals surface area contributed by atoms with Gasteiger partial charge in [-0.1, -0.05) is 25.1 Å². The molecular formula is C15H19NO4. The Labute approximate surface area is 118 Å². The number of carboxylic acids is 1. The first-order valence-electron chi connectivity index (χ1n) is 6.70. The van der Waals surface area contributed by atoms with E-state index in [2.05, 4.69) is 0 Å². The summed E-state index contributed by atoms with van der Waals surface area (Å²) in [6, 6.07) is 7.51. The van der Waals surface area contributed by atoms with Crippen LogP contribution in [0.25, 0.3) is 0 Å². The van der Waals surface area contributed by atoms with Crippen LogP contribution < -0.4 is 4.74 Å². The van der Waals surface area contributed by atoms with Gasteiger partial charge < -0.3 is 14.7 Å². The normalized spacial score (nSPS) is 18.6. The molecule has 0 bridgehead atoms. The number of hydrogen-bond donors (Lipinski definition) is 1. The second-order valence-corrected chi connectivity index (χ2v) is 5.19. The van der Waals surface area contributed by atoms with Crippen molar-refractivity contribution in [1.29, 1.82) is 0 Å². The van der Waals surface area contributed by atoms with Gasteiger partial charge in [0.05, 0.1) is 18.4 Å². The Morgan fingerprint density at radius 2 is 2.15 bits per heavy atom. The van der Waals surface area contributed by atoms with E-state index in [1.165, 1.54) is 4.90 Å². The minimum Gasteiger partial charge on any atom is -0.493 e. The quantitative estimate of drug-likeness (QED) is 0.910. The van der Waals surface area contributed by atoms with Crippen molar-refractivity contribution in [2.24, 2.45) is 5.92 Å². The number of rotatable bonds is 4. The van der Waals surface area contributed by atoms with Crippen LogP contribution >= 0.6 is 0 Å². The van der Waals surface area contributed by atoms with E-state index < -0.39 is 11.9 Å². The van der Waals surface area contributed by atoms with Gasteiger partial charge in [0.15, 0.2) is 0 Å². The maximum atomic E-state index is 12.5. The molecule has 2 rings (SSSR count). The minimum absolute atomic E-state index is 0.0474. The molecule has 20 heavy (non-hydrogen) atoms. The van der Waals surface area contributed by atoms with E-state index in [9.17, 15) is 9.59 Å². The molecule has 1 amide bonds. The summed E-state index contributed by atoms with van der Waals surface area (Å²) < 4.78 is 5.54. The van der Waals surface area contributed by atoms with E-state index in [-0.39, 0.29) is 18.4 Å². The van der Waals surface area contributed by atoms with Gasteiger partial charge in [-0.3, -0.25) is 9.59 Å². The van der Waals surface area contributed by atoms with Crippen LogP contribution in [-0.4, -0.2) is 42.1 Å². The van der Waals surface area contributed by atoms with E-state index >= 15 is 0 Å². The Bertz CT molecular complexity index is 514. The summed E-state index contributed by atoms with van der Waals surface area (Å²) in [5, 5.41) is 8.92. The topological polar surface area (TPSA) is 66.8 Å². The van der Waals surface area contributed by atoms with E-state index in [0.29, 0.717) is 13.0 Å². The number of benzene rings is 1. The molecule has 2 atom stereocenters. The van der Waals surface area contributed by atoms with Gasteiger partial charge in [-0.25, -0.2) is 0 Å². The summed E-state index contributed by atoms with van der Waals surface area (Å²) in [7, 11) is 1.65. The summed E-state index contributed by atoms with van der Waals surface area (Å²) in [5.74, 6) is -1.01. The van der Waals surface area contributed by atoms with Crippen LogP contribution in [0.5, 0.6) is 5.75 Å². The van der Waals surface area contributed by atoms with E-state index in [1.807, 2.05) is 24.3 Å². The third-order valence-electron chi connectivity index (χ3n) is 3.60. The molecule has 0 unspecified atom stereocenters. The number of amides is 1. The van der Waals surface area contributed by atoms with E-state index in [0.717, 1.165) is 11.3 Å². The largest absolute Gasteiger partial charge is 0.493 e. The lowest BCUT2D eigenvalue weighted by molar-refractivity contribution is -0.143. The number of fused-ring (bicyclic) bond motifs is 1. The van der Waals surface area contributed by atoms with Gasteiger partial charge in [0, 0.05) is 19.2 Å². The highest BCUT2D eigenvalue weighted by molar-refractivity contribution is 5.85. The van der Waals surface area contributed by atoms with Crippen LogP contribution in [0, 0.1) is 5.92 Å². The fourth-order valence-corrected chi connectivity index (χ4v) is 2.44. The predicted molar refractivity (Wildman–Crippen MR) is 73.7 cm³/mol. The van der Waals surface area contributed by atoms with Crippen molar-refractivity contribution >= 4 is 11.9 Å². The lowest BCUT2D eigenvalue weighted by Crippen LogP contribution is -2.38. The van der Waals surface area contributed by atoms with Crippen molar-refractivity contribution in [2.75, 3.05) is 20.2 Å². The molecule has 1 aliphatic rings. The zero-order chi connectivity index (χ0) is 14.7. The van der Waals surface area contributed by atoms with E-state index in [4.69, 9.17) is 9.84 Å². The highest BCUT2D eigenvalue weighted by Crippen LogP contribution is 2.34. The van der Waals surface area contributed by atoms with Crippen molar-refractivity contribution < 1.29 is 19.4 Å². The fraction of sp³-hybridized carbons (Fsp3) is 0.467. The molecule has 1 aliphatic heterocycles. The predicted octanol–water partition coefficient (Wildman–Crippen LogP) is 1.73. The van der Waals surface area contributed by atoms with Crippen LogP contribution in [0.15, 0.2) is 24.3 Å². The molecular weight excluding hydrogens is 258 g/mol. The zero-order valence-electron chi connectivity index (χ0n) is 11.7. The number of ether oxygens (including phenoxy) is 1. The van der Waals surface area contributed by atoms with Crippen molar-refractivity contribution in [1.82, 2.24) is 4.90 Å². The number of hydrogen-bond acceptors (Lipinski definition) is 3. The molecule has 1 aromatic carbocycles. The average Bonchev–Trinajstić information content (AvgIpc) is 2.45. The Morgan fingerprint density at radius 3 is 2.85 bits per heavy atom. The minimum atomic E-state index is -0.892. The number of para-hydroxylation sites is 1. The Kier molecular flexibility index (Phi) is 4.27. The number of carbonyl (C=O) groups is 2. The molecule has 0 radical (unpaired) electrons. The van der Waals surface area contributed by atoms with Gasteiger partial charge in [0.2, 0.25) is 5.91 Å². The number of carbonyl (C=O) groups excluding carboxylic acids is 1. The molecule has 5 heteroatoms. The lowest BCUT2D eigenvalue weighted by atomic mass is 9.91. The summed E-state index contributed by atoms with van der Waals surface area (Å²) in [5.41, 5.74) is 0.888. The average molecular weight is 277 g/mol. The van der Waals surface area contributed by atoms with Crippen molar-refractivity contribution in [3.05, 3.63) is 29.8 Å². The summed E-state index contributed by atoms with van der Waals surface area (Å²) in [6.07, 6.45) is 0.627. The smallest absolute Gasteiger partial charge is 0.308 e. The van der Waals surface area contributed by atoms with E-state index in [1.54, 1.807) is 14.0 Å². The van der Waals surface area contributed by atoms with Crippen LogP contribution in [0.1, 0.15) is 24.8 Å². The molecule has 1 heterocycles. The third-order valence-corrected chi connectivity index (χ3v) is 3.60. The SMILES string of the molecule is C[C@@H](CN(C)C(=O)[C@H]1CCOc2ccccc21)C(=O)O. The molecule has 1 N–H and O–H groups in total. The number of nitrogens with zero attached hydrogens (tertiary/aromatic N) is 1. The monoisotopic (exact) mass is 277 g/mol. The Morgan fingerprint density at radius 1 is 1.45 bits per heavy atom. The molecule has 0 aromatic heterocycles. The van der Waals surface area contributed by atoms with Crippen LogP contribution in [0.3, 0.4) is 0 Å². The third kappa shape index (κ3) is 2.92. The molecule has 0 saturated carbocycles. The highest BCUT2D eigenvalue weighted by atomic mass is 16.5. The van der Waals surface area contributed by atoms with Crippen LogP contribution in [0.4, 0.5) is 0 Å². The highest BCUT2D eigenvalue weighted by Gasteiger charge is 2.30. The lowest BCUT2D eigenvalue weighted by Gasteiger charge is -2.29. The fourth-order valence-electron chi connectivity index (χ4n) is 2.44. The van der Waals surface area contributed by atoms with Gasteiger partial charge in [0.1, 0.15) is 5.75 Å². The first kappa shape index (κ1) is 14.4. The number of carboxylic acid groups (broad SMARTS) is 1. The number of likely N-dealkylation sites (N-methyl/N-ethyl adjacent to an activating group) is 1. The first-order chi connectivity index (χ1) is 9.50. The van der Waals surface area contributed by atoms with Gasteiger partial charge in [-0.15, -0.1) is 0 Å². The van der Waals surface area contributed by atoms with Crippen LogP contribution in [-0.2, 0) is 9.59 Å². The molecule has 0 fully saturated rings. The second kappa shape index (κ2) is 5.94. The second-order valence-electron chi connectivity index (χ2n) is 5.19. The molecule has 108 valence electrons. The Balaban J connectivity index is 2.12. The first-order valence-corrected chi connectivity index (χ1v) is 6.70. The molecule has 5 nitrogen and oxygen atoms in total. The van der Waals surface area contributed by atoms with Gasteiger partial charge in [0.25, 0.3) is 0 Å². The molecule has 1 aromatic rings. The van der Waals surface area contributed by atoms with Crippen molar-refractivity contribution in [3.63, 3.8) is 0 Å². The molecule has 0 spiro atoms. The van der Waals surface area contributed by atoms with Crippen LogP contribution in [0.2, 0.25) is 0 Å². The van der Waals surface area contributed by atoms with Gasteiger partial charge in [-0.2, -0.15) is 0 Å².